The Bertz CT molecular complexity index is 335. The van der Waals surface area contributed by atoms with Gasteiger partial charge in [0.15, 0.2) is 0 Å². The van der Waals surface area contributed by atoms with Crippen molar-refractivity contribution in [3.8, 4) is 0 Å². The summed E-state index contributed by atoms with van der Waals surface area (Å²) in [4.78, 5) is 13.5. The average Bonchev–Trinajstić information content (AvgIpc) is 2.94. The number of carboxylic acid groups (broad SMARTS) is 1. The summed E-state index contributed by atoms with van der Waals surface area (Å²) in [7, 11) is 0. The summed E-state index contributed by atoms with van der Waals surface area (Å²) in [6.45, 7) is 10.3. The van der Waals surface area contributed by atoms with Crippen LogP contribution in [0.15, 0.2) is 0 Å². The van der Waals surface area contributed by atoms with Crippen LogP contribution in [0.3, 0.4) is 0 Å². The molecule has 0 bridgehead atoms. The Balaban J connectivity index is 1.97. The maximum Gasteiger partial charge on any atom is 0.322 e. The molecular weight excluding hydrogens is 244 g/mol. The highest BCUT2D eigenvalue weighted by Gasteiger charge is 2.40. The average molecular weight is 270 g/mol. The molecule has 1 unspecified atom stereocenters. The van der Waals surface area contributed by atoms with Crippen LogP contribution in [0.1, 0.15) is 40.5 Å². The van der Waals surface area contributed by atoms with Crippen molar-refractivity contribution in [1.82, 2.24) is 10.2 Å². The van der Waals surface area contributed by atoms with Gasteiger partial charge >= 0.3 is 5.97 Å². The number of hydrogen-bond donors (Lipinski definition) is 2. The number of carbonyl (C=O) groups is 1. The van der Waals surface area contributed by atoms with E-state index in [0.717, 1.165) is 25.9 Å². The zero-order valence-electron chi connectivity index (χ0n) is 12.4. The first-order valence-electron chi connectivity index (χ1n) is 7.08. The highest BCUT2D eigenvalue weighted by molar-refractivity contribution is 5.73. The minimum Gasteiger partial charge on any atom is -0.480 e. The number of carboxylic acids is 1. The lowest BCUT2D eigenvalue weighted by atomic mass is 9.98. The molecule has 2 rings (SSSR count). The molecule has 2 aliphatic rings. The summed E-state index contributed by atoms with van der Waals surface area (Å²) < 4.78 is 6.02. The van der Waals surface area contributed by atoms with E-state index in [0.29, 0.717) is 12.6 Å². The minimum absolute atomic E-state index is 0.232. The topological polar surface area (TPSA) is 61.8 Å². The van der Waals surface area contributed by atoms with Crippen molar-refractivity contribution in [2.24, 2.45) is 0 Å². The molecule has 19 heavy (non-hydrogen) atoms. The number of ether oxygens (including phenoxy) is 1. The predicted octanol–water partition coefficient (Wildman–Crippen LogP) is 1.08. The van der Waals surface area contributed by atoms with Gasteiger partial charge in [0.2, 0.25) is 0 Å². The molecule has 0 aromatic carbocycles. The van der Waals surface area contributed by atoms with E-state index in [1.165, 1.54) is 0 Å². The van der Waals surface area contributed by atoms with Crippen LogP contribution in [0.25, 0.3) is 0 Å². The monoisotopic (exact) mass is 270 g/mol. The van der Waals surface area contributed by atoms with E-state index in [4.69, 9.17) is 4.74 Å². The highest BCUT2D eigenvalue weighted by atomic mass is 16.5. The zero-order chi connectivity index (χ0) is 14.3. The minimum atomic E-state index is -0.756. The van der Waals surface area contributed by atoms with E-state index in [2.05, 4.69) is 37.9 Å². The first-order chi connectivity index (χ1) is 8.67. The van der Waals surface area contributed by atoms with Gasteiger partial charge in [0.1, 0.15) is 6.04 Å². The molecule has 0 radical (unpaired) electrons. The second-order valence-electron chi connectivity index (χ2n) is 7.12. The maximum atomic E-state index is 11.3. The van der Waals surface area contributed by atoms with Crippen molar-refractivity contribution in [3.63, 3.8) is 0 Å². The normalized spacial score (nSPS) is 28.0. The lowest BCUT2D eigenvalue weighted by molar-refractivity contribution is -0.182. The molecule has 5 nitrogen and oxygen atoms in total. The fourth-order valence-electron chi connectivity index (χ4n) is 3.07. The molecule has 5 heteroatoms. The lowest BCUT2D eigenvalue weighted by Crippen LogP contribution is -2.60. The maximum absolute atomic E-state index is 11.3. The van der Waals surface area contributed by atoms with E-state index in [9.17, 15) is 9.90 Å². The van der Waals surface area contributed by atoms with Crippen LogP contribution in [0.5, 0.6) is 0 Å². The Morgan fingerprint density at radius 1 is 1.32 bits per heavy atom. The number of nitrogens with zero attached hydrogens (tertiary/aromatic N) is 1. The number of aliphatic carboxylic acids is 1. The Hall–Kier alpha value is -0.650. The van der Waals surface area contributed by atoms with Crippen LogP contribution < -0.4 is 5.32 Å². The summed E-state index contributed by atoms with van der Waals surface area (Å²) >= 11 is 0. The second kappa shape index (κ2) is 5.04. The number of hydrogen-bond acceptors (Lipinski definition) is 4. The number of rotatable bonds is 5. The fourth-order valence-corrected chi connectivity index (χ4v) is 3.07. The van der Waals surface area contributed by atoms with E-state index in [-0.39, 0.29) is 11.2 Å². The molecule has 0 aromatic rings. The summed E-state index contributed by atoms with van der Waals surface area (Å²) in [6, 6.07) is -0.0691. The molecular formula is C14H26N2O3. The van der Waals surface area contributed by atoms with Crippen molar-refractivity contribution in [1.29, 1.82) is 0 Å². The molecule has 1 saturated carbocycles. The first kappa shape index (κ1) is 14.8. The Morgan fingerprint density at radius 2 is 1.84 bits per heavy atom. The summed E-state index contributed by atoms with van der Waals surface area (Å²) in [5.41, 5.74) is -0.464. The van der Waals surface area contributed by atoms with Crippen molar-refractivity contribution in [2.75, 3.05) is 19.6 Å². The Kier molecular flexibility index (Phi) is 3.91. The number of nitrogens with one attached hydrogen (secondary N) is 1. The van der Waals surface area contributed by atoms with Gasteiger partial charge in [-0.1, -0.05) is 0 Å². The van der Waals surface area contributed by atoms with Crippen LogP contribution in [0.2, 0.25) is 0 Å². The van der Waals surface area contributed by atoms with Crippen molar-refractivity contribution in [2.45, 2.75) is 63.8 Å². The third kappa shape index (κ3) is 4.44. The molecule has 2 fully saturated rings. The smallest absolute Gasteiger partial charge is 0.322 e. The molecule has 0 amide bonds. The van der Waals surface area contributed by atoms with E-state index < -0.39 is 12.0 Å². The standard InChI is InChI=1S/C14H26N2O3/c1-13(2)8-16(9-14(3,4)19-13)7-11(12(17)18)15-10-5-6-10/h10-11,15H,5-9H2,1-4H3,(H,17,18). The van der Waals surface area contributed by atoms with Gasteiger partial charge < -0.3 is 15.2 Å². The molecule has 1 atom stereocenters. The molecule has 1 saturated heterocycles. The van der Waals surface area contributed by atoms with Gasteiger partial charge in [0.05, 0.1) is 11.2 Å². The van der Waals surface area contributed by atoms with Gasteiger partial charge in [-0.3, -0.25) is 9.69 Å². The van der Waals surface area contributed by atoms with Gasteiger partial charge in [-0.15, -0.1) is 0 Å². The van der Waals surface area contributed by atoms with Crippen molar-refractivity contribution >= 4 is 5.97 Å². The van der Waals surface area contributed by atoms with Crippen LogP contribution >= 0.6 is 0 Å². The molecule has 2 N–H and O–H groups in total. The van der Waals surface area contributed by atoms with Crippen LogP contribution in [0, 0.1) is 0 Å². The summed E-state index contributed by atoms with van der Waals surface area (Å²) in [5, 5.41) is 12.5. The van der Waals surface area contributed by atoms with Gasteiger partial charge in [-0.25, -0.2) is 0 Å². The third-order valence-corrected chi connectivity index (χ3v) is 3.51. The summed E-state index contributed by atoms with van der Waals surface area (Å²) in [6.07, 6.45) is 2.20. The zero-order valence-corrected chi connectivity index (χ0v) is 12.4. The SMILES string of the molecule is CC1(C)CN(CC(NC2CC2)C(=O)O)CC(C)(C)O1. The predicted molar refractivity (Wildman–Crippen MR) is 73.3 cm³/mol. The molecule has 0 aromatic heterocycles. The van der Waals surface area contributed by atoms with Crippen LogP contribution in [-0.4, -0.2) is 58.9 Å². The largest absolute Gasteiger partial charge is 0.480 e. The van der Waals surface area contributed by atoms with Crippen LogP contribution in [0.4, 0.5) is 0 Å². The molecule has 1 aliphatic carbocycles. The molecule has 1 heterocycles. The van der Waals surface area contributed by atoms with Gasteiger partial charge in [0.25, 0.3) is 0 Å². The Labute approximate surface area is 115 Å². The summed E-state index contributed by atoms with van der Waals surface area (Å²) in [5.74, 6) is -0.756. The molecule has 0 spiro atoms. The highest BCUT2D eigenvalue weighted by Crippen LogP contribution is 2.28. The van der Waals surface area contributed by atoms with E-state index in [1.807, 2.05) is 0 Å². The van der Waals surface area contributed by atoms with Gasteiger partial charge in [-0.2, -0.15) is 0 Å². The van der Waals surface area contributed by atoms with Crippen molar-refractivity contribution in [3.05, 3.63) is 0 Å². The third-order valence-electron chi connectivity index (χ3n) is 3.51. The quantitative estimate of drug-likeness (QED) is 0.783. The van der Waals surface area contributed by atoms with Crippen LogP contribution in [-0.2, 0) is 9.53 Å². The second-order valence-corrected chi connectivity index (χ2v) is 7.12. The van der Waals surface area contributed by atoms with Gasteiger partial charge in [0, 0.05) is 25.7 Å². The molecule has 1 aliphatic heterocycles. The van der Waals surface area contributed by atoms with E-state index in [1.54, 1.807) is 0 Å². The molecule has 110 valence electrons. The van der Waals surface area contributed by atoms with Crippen molar-refractivity contribution < 1.29 is 14.6 Å². The van der Waals surface area contributed by atoms with Gasteiger partial charge in [-0.05, 0) is 40.5 Å². The fraction of sp³-hybridized carbons (Fsp3) is 0.929. The van der Waals surface area contributed by atoms with E-state index >= 15 is 0 Å². The number of morpholine rings is 1. The first-order valence-corrected chi connectivity index (χ1v) is 7.08. The lowest BCUT2D eigenvalue weighted by Gasteiger charge is -2.47. The Morgan fingerprint density at radius 3 is 2.26 bits per heavy atom.